The predicted molar refractivity (Wildman–Crippen MR) is 39.5 cm³/mol. The third-order valence-electron chi connectivity index (χ3n) is 4.95. The maximum atomic E-state index is 2.43. The first kappa shape index (κ1) is 4.58. The van der Waals surface area contributed by atoms with Crippen LogP contribution in [0.3, 0.4) is 0 Å². The molecule has 2 bridgehead atoms. The van der Waals surface area contributed by atoms with Gasteiger partial charge in [-0.25, -0.2) is 0 Å². The van der Waals surface area contributed by atoms with E-state index in [9.17, 15) is 0 Å². The van der Waals surface area contributed by atoms with Gasteiger partial charge in [0.25, 0.3) is 0 Å². The Labute approximate surface area is 61.3 Å². The Morgan fingerprint density at radius 2 is 2.10 bits per heavy atom. The molecule has 0 aliphatic heterocycles. The first-order valence-electron chi connectivity index (χ1n) is 4.57. The van der Waals surface area contributed by atoms with Gasteiger partial charge in [-0.3, -0.25) is 0 Å². The van der Waals surface area contributed by atoms with Crippen LogP contribution in [-0.4, -0.2) is 0 Å². The Morgan fingerprint density at radius 3 is 3.00 bits per heavy atom. The van der Waals surface area contributed by atoms with Gasteiger partial charge < -0.3 is 0 Å². The standard InChI is InChI=1S/C10H12/c1-2-5-10-7-3-6-9(10,4-1)8(7)10/h1-2,7-8H,3-6H2/t7-,8+,9-,10+/m0/s1. The first-order valence-corrected chi connectivity index (χ1v) is 4.57. The molecule has 0 heteroatoms. The molecule has 0 aromatic carbocycles. The van der Waals surface area contributed by atoms with Crippen LogP contribution in [0.2, 0.25) is 0 Å². The summed E-state index contributed by atoms with van der Waals surface area (Å²) in [6, 6.07) is 0. The van der Waals surface area contributed by atoms with E-state index >= 15 is 0 Å². The molecule has 2 spiro atoms. The van der Waals surface area contributed by atoms with Crippen molar-refractivity contribution in [1.82, 2.24) is 0 Å². The molecule has 0 aromatic rings. The van der Waals surface area contributed by atoms with Gasteiger partial charge in [-0.15, -0.1) is 0 Å². The van der Waals surface area contributed by atoms with E-state index in [0.717, 1.165) is 10.8 Å². The van der Waals surface area contributed by atoms with Crippen molar-refractivity contribution in [3.8, 4) is 0 Å². The summed E-state index contributed by atoms with van der Waals surface area (Å²) in [7, 11) is 0. The van der Waals surface area contributed by atoms with Crippen molar-refractivity contribution in [1.29, 1.82) is 0 Å². The van der Waals surface area contributed by atoms with E-state index in [1.54, 1.807) is 12.8 Å². The maximum Gasteiger partial charge on any atom is -0.0132 e. The quantitative estimate of drug-likeness (QED) is 0.444. The van der Waals surface area contributed by atoms with E-state index in [1.165, 1.54) is 24.7 Å². The zero-order valence-electron chi connectivity index (χ0n) is 6.14. The predicted octanol–water partition coefficient (Wildman–Crippen LogP) is 2.36. The Balaban J connectivity index is 1.94. The molecule has 0 N–H and O–H groups in total. The molecule has 5 aliphatic carbocycles. The number of hydrogen-bond acceptors (Lipinski definition) is 0. The van der Waals surface area contributed by atoms with Crippen molar-refractivity contribution in [2.75, 3.05) is 0 Å². The number of hydrogen-bond donors (Lipinski definition) is 0. The molecule has 0 heterocycles. The molecule has 0 saturated heterocycles. The fourth-order valence-corrected chi connectivity index (χ4v) is 4.60. The van der Waals surface area contributed by atoms with Gasteiger partial charge in [0.2, 0.25) is 0 Å². The summed E-state index contributed by atoms with van der Waals surface area (Å²) in [5.74, 6) is 2.42. The minimum atomic E-state index is 0.909. The summed E-state index contributed by atoms with van der Waals surface area (Å²) < 4.78 is 0. The van der Waals surface area contributed by atoms with Gasteiger partial charge in [0.05, 0.1) is 0 Å². The summed E-state index contributed by atoms with van der Waals surface area (Å²) in [4.78, 5) is 0. The van der Waals surface area contributed by atoms with Crippen LogP contribution in [0.15, 0.2) is 12.2 Å². The van der Waals surface area contributed by atoms with Crippen LogP contribution in [0.4, 0.5) is 0 Å². The van der Waals surface area contributed by atoms with Crippen LogP contribution in [-0.2, 0) is 0 Å². The molecule has 10 heavy (non-hydrogen) atoms. The van der Waals surface area contributed by atoms with Gasteiger partial charge in [0.1, 0.15) is 0 Å². The monoisotopic (exact) mass is 132 g/mol. The van der Waals surface area contributed by atoms with Crippen LogP contribution in [0.1, 0.15) is 25.7 Å². The van der Waals surface area contributed by atoms with E-state index < -0.39 is 0 Å². The Bertz CT molecular complexity index is 239. The van der Waals surface area contributed by atoms with Crippen molar-refractivity contribution in [3.63, 3.8) is 0 Å². The Kier molecular flexibility index (Phi) is 0.426. The zero-order valence-corrected chi connectivity index (χ0v) is 6.14. The lowest BCUT2D eigenvalue weighted by Crippen LogP contribution is -2.15. The van der Waals surface area contributed by atoms with Crippen LogP contribution < -0.4 is 0 Å². The number of allylic oxidation sites excluding steroid dienone is 2. The molecule has 0 aromatic heterocycles. The molecule has 4 atom stereocenters. The van der Waals surface area contributed by atoms with Crippen LogP contribution >= 0.6 is 0 Å². The number of rotatable bonds is 0. The molecule has 5 rings (SSSR count). The second-order valence-corrected chi connectivity index (χ2v) is 4.70. The fraction of sp³-hybridized carbons (Fsp3) is 0.800. The first-order chi connectivity index (χ1) is 4.92. The topological polar surface area (TPSA) is 0 Å². The lowest BCUT2D eigenvalue weighted by Gasteiger charge is -2.23. The molecule has 4 fully saturated rings. The van der Waals surface area contributed by atoms with Gasteiger partial charge in [-0.1, -0.05) is 12.2 Å². The van der Waals surface area contributed by atoms with Gasteiger partial charge in [-0.05, 0) is 48.3 Å². The molecule has 52 valence electrons. The highest BCUT2D eigenvalue weighted by molar-refractivity contribution is 5.46. The van der Waals surface area contributed by atoms with E-state index in [2.05, 4.69) is 12.2 Å². The van der Waals surface area contributed by atoms with Gasteiger partial charge in [0.15, 0.2) is 0 Å². The third-order valence-corrected chi connectivity index (χ3v) is 4.95. The zero-order chi connectivity index (χ0) is 6.40. The van der Waals surface area contributed by atoms with Crippen molar-refractivity contribution in [3.05, 3.63) is 12.2 Å². The SMILES string of the molecule is C1=CC[C@]23[C@@H]4[C@@H]2CC[C@@]43C1. The summed E-state index contributed by atoms with van der Waals surface area (Å²) in [5, 5.41) is 0. The number of fused-ring (bicyclic) bond motifs is 1. The summed E-state index contributed by atoms with van der Waals surface area (Å²) in [6.45, 7) is 0. The lowest BCUT2D eigenvalue weighted by molar-refractivity contribution is 0.312. The fourth-order valence-electron chi connectivity index (χ4n) is 4.60. The van der Waals surface area contributed by atoms with Crippen LogP contribution in [0.5, 0.6) is 0 Å². The molecule has 0 amide bonds. The average molecular weight is 132 g/mol. The van der Waals surface area contributed by atoms with E-state index in [1.807, 2.05) is 0 Å². The Hall–Kier alpha value is -0.260. The van der Waals surface area contributed by atoms with Gasteiger partial charge >= 0.3 is 0 Å². The second-order valence-electron chi connectivity index (χ2n) is 4.70. The summed E-state index contributed by atoms with van der Waals surface area (Å²) in [6.07, 6.45) is 10.9. The van der Waals surface area contributed by atoms with Gasteiger partial charge in [0, 0.05) is 0 Å². The third kappa shape index (κ3) is 0.202. The Morgan fingerprint density at radius 1 is 1.20 bits per heavy atom. The van der Waals surface area contributed by atoms with Gasteiger partial charge in [-0.2, -0.15) is 0 Å². The molecular formula is C10H12. The minimum Gasteiger partial charge on any atom is -0.0879 e. The maximum absolute atomic E-state index is 2.43. The normalized spacial score (nSPS) is 72.8. The molecule has 4 saturated carbocycles. The highest BCUT2D eigenvalue weighted by Gasteiger charge is 2.96. The van der Waals surface area contributed by atoms with Crippen LogP contribution in [0.25, 0.3) is 0 Å². The molecule has 0 unspecified atom stereocenters. The summed E-state index contributed by atoms with van der Waals surface area (Å²) in [5.41, 5.74) is 1.84. The van der Waals surface area contributed by atoms with Crippen molar-refractivity contribution < 1.29 is 0 Å². The highest BCUT2D eigenvalue weighted by atomic mass is 15.0. The molecular weight excluding hydrogens is 120 g/mol. The van der Waals surface area contributed by atoms with Crippen molar-refractivity contribution in [2.45, 2.75) is 25.7 Å². The van der Waals surface area contributed by atoms with E-state index in [0.29, 0.717) is 0 Å². The highest BCUT2D eigenvalue weighted by Crippen LogP contribution is 3.01. The average Bonchev–Trinajstić information content (AvgIpc) is 2.64. The summed E-state index contributed by atoms with van der Waals surface area (Å²) >= 11 is 0. The van der Waals surface area contributed by atoms with Crippen molar-refractivity contribution >= 4 is 0 Å². The lowest BCUT2D eigenvalue weighted by atomic mass is 9.81. The molecule has 0 nitrogen and oxygen atoms in total. The van der Waals surface area contributed by atoms with Crippen LogP contribution in [0, 0.1) is 22.7 Å². The largest absolute Gasteiger partial charge is 0.0879 e. The van der Waals surface area contributed by atoms with Crippen molar-refractivity contribution in [2.24, 2.45) is 22.7 Å². The smallest absolute Gasteiger partial charge is 0.0132 e. The minimum absolute atomic E-state index is 0.909. The van der Waals surface area contributed by atoms with E-state index in [4.69, 9.17) is 0 Å². The second kappa shape index (κ2) is 0.929. The van der Waals surface area contributed by atoms with E-state index in [-0.39, 0.29) is 0 Å². The molecule has 0 radical (unpaired) electrons. The molecule has 5 aliphatic rings.